The third-order valence-corrected chi connectivity index (χ3v) is 10.5. The van der Waals surface area contributed by atoms with E-state index in [-0.39, 0.29) is 218 Å². The molecule has 61 heavy (non-hydrogen) atoms. The maximum atomic E-state index is 11.3. The molecule has 2 radical (unpaired) electrons. The minimum Gasteiger partial charge on any atom is -0.662 e. The van der Waals surface area contributed by atoms with Crippen molar-refractivity contribution in [1.82, 2.24) is 0 Å². The van der Waals surface area contributed by atoms with Crippen molar-refractivity contribution in [2.75, 3.05) is 26.9 Å². The van der Waals surface area contributed by atoms with Crippen LogP contribution in [0.4, 0.5) is 0 Å². The number of halogens is 5. The Kier molecular flexibility index (Phi) is 65.3. The molecule has 0 bridgehead atoms. The summed E-state index contributed by atoms with van der Waals surface area (Å²) >= 11 is 14.9. The molecule has 330 valence electrons. The van der Waals surface area contributed by atoms with E-state index in [2.05, 4.69) is 117 Å². The molecule has 0 aliphatic carbocycles. The third-order valence-electron chi connectivity index (χ3n) is 5.60. The van der Waals surface area contributed by atoms with Crippen molar-refractivity contribution in [3.63, 3.8) is 0 Å². The summed E-state index contributed by atoms with van der Waals surface area (Å²) in [5, 5.41) is 25.6. The Morgan fingerprint density at radius 3 is 1.25 bits per heavy atom. The maximum absolute atomic E-state index is 11.3. The van der Waals surface area contributed by atoms with Crippen molar-refractivity contribution >= 4 is 134 Å². The average molecular weight is 1620 g/mol. The first kappa shape index (κ1) is 82.7. The molecule has 0 atom stereocenters. The van der Waals surface area contributed by atoms with E-state index in [1.165, 1.54) is 7.05 Å². The van der Waals surface area contributed by atoms with Gasteiger partial charge in [0.15, 0.2) is 0 Å². The van der Waals surface area contributed by atoms with E-state index in [0.29, 0.717) is 39.8 Å². The molecular formula is C36H42BBr5CsNO14WY2-4. The molecule has 0 saturated carbocycles. The van der Waals surface area contributed by atoms with Crippen LogP contribution in [0.1, 0.15) is 34.3 Å². The normalized spacial score (nSPS) is 13.1. The molecule has 2 aromatic rings. The third kappa shape index (κ3) is 32.9. The van der Waals surface area contributed by atoms with Crippen molar-refractivity contribution in [2.45, 2.75) is 28.7 Å². The number of hydrogen-bond donors (Lipinski definition) is 3. The van der Waals surface area contributed by atoms with Crippen LogP contribution >= 0.6 is 79.6 Å². The van der Waals surface area contributed by atoms with Crippen LogP contribution in [0.3, 0.4) is 0 Å². The van der Waals surface area contributed by atoms with Crippen molar-refractivity contribution in [2.24, 2.45) is 5.73 Å². The van der Waals surface area contributed by atoms with Gasteiger partial charge in [-0.05, 0) is 95.8 Å². The van der Waals surface area contributed by atoms with Gasteiger partial charge in [-0.25, -0.2) is 24.0 Å². The molecule has 0 fully saturated rings. The van der Waals surface area contributed by atoms with Crippen molar-refractivity contribution in [3.05, 3.63) is 115 Å². The molecule has 0 aromatic heterocycles. The first-order valence-corrected chi connectivity index (χ1v) is 18.0. The number of benzene rings is 2. The number of esters is 5. The maximum Gasteiger partial charge on any atom is 1.00 e. The van der Waals surface area contributed by atoms with E-state index in [4.69, 9.17) is 24.8 Å². The molecule has 0 saturated heterocycles. The number of cyclic esters (lactones) is 5. The van der Waals surface area contributed by atoms with Gasteiger partial charge >= 0.3 is 106 Å². The molecule has 0 spiro atoms. The van der Waals surface area contributed by atoms with Gasteiger partial charge in [0.1, 0.15) is 37.8 Å². The Hall–Kier alpha value is 1.67. The van der Waals surface area contributed by atoms with Crippen LogP contribution in [0, 0.1) is 27.0 Å². The second-order valence-corrected chi connectivity index (χ2v) is 13.3. The molecule has 4 N–H and O–H groups in total. The van der Waals surface area contributed by atoms with Gasteiger partial charge in [-0.3, -0.25) is 4.79 Å². The van der Waals surface area contributed by atoms with Crippen LogP contribution in [0.25, 0.3) is 5.57 Å². The van der Waals surface area contributed by atoms with Gasteiger partial charge in [0.2, 0.25) is 0 Å². The van der Waals surface area contributed by atoms with Crippen LogP contribution in [0.5, 0.6) is 0 Å². The van der Waals surface area contributed by atoms with E-state index in [1.807, 2.05) is 26.0 Å². The van der Waals surface area contributed by atoms with Gasteiger partial charge in [0, 0.05) is 92.1 Å². The zero-order chi connectivity index (χ0) is 40.7. The fraction of sp³-hybridized carbons (Fsp3) is 0.222. The molecule has 4 aliphatic rings. The van der Waals surface area contributed by atoms with Gasteiger partial charge < -0.3 is 59.7 Å². The van der Waals surface area contributed by atoms with Crippen molar-refractivity contribution in [1.29, 1.82) is 0 Å². The first-order valence-electron chi connectivity index (χ1n) is 14.1. The van der Waals surface area contributed by atoms with Crippen molar-refractivity contribution < 1.29 is 223 Å². The fourth-order valence-electron chi connectivity index (χ4n) is 3.18. The molecule has 0 unspecified atom stereocenters. The first-order chi connectivity index (χ1) is 25.1. The van der Waals surface area contributed by atoms with Gasteiger partial charge in [-0.1, -0.05) is 30.8 Å². The summed E-state index contributed by atoms with van der Waals surface area (Å²) in [6, 6.07) is 19.5. The summed E-state index contributed by atoms with van der Waals surface area (Å²) < 4.78 is 20.4. The zero-order valence-corrected chi connectivity index (χ0v) is 55.0. The van der Waals surface area contributed by atoms with E-state index in [1.54, 1.807) is 36.4 Å². The van der Waals surface area contributed by atoms with Gasteiger partial charge in [-0.15, -0.1) is 11.0 Å². The van der Waals surface area contributed by atoms with Crippen LogP contribution in [0.15, 0.2) is 82.1 Å². The minimum atomic E-state index is -1.36. The average Bonchev–Trinajstić information content (AvgIpc) is 3.84. The summed E-state index contributed by atoms with van der Waals surface area (Å²) in [5.41, 5.74) is 8.58. The molecule has 2 aromatic carbocycles. The van der Waals surface area contributed by atoms with Crippen LogP contribution < -0.4 is 85.3 Å². The van der Waals surface area contributed by atoms with E-state index in [9.17, 15) is 24.0 Å². The Bertz CT molecular complexity index is 1690. The van der Waals surface area contributed by atoms with E-state index in [0.717, 1.165) is 21.2 Å². The molecule has 6 rings (SSSR count). The summed E-state index contributed by atoms with van der Waals surface area (Å²) in [7, 11) is 0.139. The topological polar surface area (TPSA) is 238 Å². The molecule has 0 amide bonds. The predicted octanol–water partition coefficient (Wildman–Crippen LogP) is 1.99. The second kappa shape index (κ2) is 48.1. The molecule has 15 nitrogen and oxygen atoms in total. The Morgan fingerprint density at radius 2 is 1.05 bits per heavy atom. The Labute approximate surface area is 523 Å². The number of carbonyl (C=O) groups is 6. The van der Waals surface area contributed by atoms with Gasteiger partial charge in [-0.2, -0.15) is 60.7 Å². The Balaban J connectivity index is -0.0000000750. The smallest absolute Gasteiger partial charge is 0.662 e. The largest absolute Gasteiger partial charge is 1.00 e. The summed E-state index contributed by atoms with van der Waals surface area (Å²) in [5.74, 6) is -2.05. The SMILES string of the molecule is C.C.CC1=C(Br)C(=O)OC1.CC1=C(c2cc[c-]cc2)C(=O)OC1.CN.O=C1OC(=O)C(Br)=C1Br.O=C1OCC(Br)=C1Br.O=CO[O-].OB(O)c1cc[c-]cc1.[CH3-].[CH3-].[Cs+].[W].[Y].[Y]. The number of hydrogen-bond acceptors (Lipinski definition) is 15. The Morgan fingerprint density at radius 1 is 0.689 bits per heavy atom. The quantitative estimate of drug-likeness (QED) is 0.0583. The molecule has 4 aliphatic heterocycles. The molecular weight excluding hydrogens is 1580 g/mol. The summed E-state index contributed by atoms with van der Waals surface area (Å²) in [6.45, 7) is 4.82. The molecule has 4 heterocycles. The van der Waals surface area contributed by atoms with Crippen LogP contribution in [-0.4, -0.2) is 80.4 Å². The van der Waals surface area contributed by atoms with Gasteiger partial charge in [0.25, 0.3) is 6.47 Å². The van der Waals surface area contributed by atoms with Gasteiger partial charge in [0.05, 0.1) is 4.48 Å². The van der Waals surface area contributed by atoms with Crippen LogP contribution in [-0.2, 0) is 139 Å². The number of rotatable bonds is 3. The number of nitrogens with two attached hydrogens (primary N) is 1. The van der Waals surface area contributed by atoms with E-state index < -0.39 is 19.1 Å². The summed E-state index contributed by atoms with van der Waals surface area (Å²) in [4.78, 5) is 64.3. The second-order valence-electron chi connectivity index (χ2n) is 9.19. The number of carbonyl (C=O) groups excluding carboxylic acids is 6. The predicted molar refractivity (Wildman–Crippen MR) is 232 cm³/mol. The minimum absolute atomic E-state index is 0. The fourth-order valence-corrected chi connectivity index (χ4v) is 4.40. The summed E-state index contributed by atoms with van der Waals surface area (Å²) in [6.07, 6.45) is 0. The standard InChI is InChI=1S/C11H9O2.C6H6BO2.C5H5BrO2.C4Br2O3.C4H2Br2O2.CH5N.CH2O3.2CH4.2CH3.Cs.W.2Y/c1-8-7-13-11(12)10(8)9-5-3-2-4-6-9;8-7(9)6-4-2-1-3-5-6;1-3-2-8-5(7)4(3)6;5-1-2(6)4(8)9-3(1)7;5-2-1-8-4(7)3(2)6;1-2;2-1-4-3;;;;;;;;/h3-6H,7H2,1H3;2-5,8-9H;2H2,1H3;;1H2;2H2,1H3;1,3H;2*1H4;2*1H3;;;;/q2*-1;;;;;;;;2*-1;+1;;;/p-1. The van der Waals surface area contributed by atoms with Crippen molar-refractivity contribution in [3.8, 4) is 0 Å². The van der Waals surface area contributed by atoms with Crippen LogP contribution in [0.2, 0.25) is 0 Å². The monoisotopic (exact) mass is 1610 g/mol. The number of ether oxygens (including phenoxy) is 4. The van der Waals surface area contributed by atoms with E-state index >= 15 is 0 Å². The zero-order valence-electron chi connectivity index (χ0n) is 32.2. The molecule has 25 heteroatoms.